The van der Waals surface area contributed by atoms with E-state index in [0.717, 1.165) is 29.2 Å². The molecule has 2 heterocycles. The van der Waals surface area contributed by atoms with E-state index in [2.05, 4.69) is 11.2 Å². The van der Waals surface area contributed by atoms with Crippen LogP contribution in [-0.4, -0.2) is 23.5 Å². The van der Waals surface area contributed by atoms with Gasteiger partial charge in [-0.25, -0.2) is 0 Å². The molecular weight excluding hydrogens is 254 g/mol. The van der Waals surface area contributed by atoms with E-state index in [9.17, 15) is 0 Å². The lowest BCUT2D eigenvalue weighted by Crippen LogP contribution is -2.27. The van der Waals surface area contributed by atoms with Crippen LogP contribution in [0.4, 0.5) is 0 Å². The van der Waals surface area contributed by atoms with Gasteiger partial charge in [-0.05, 0) is 18.1 Å². The second-order valence-corrected chi connectivity index (χ2v) is 5.03. The molecule has 0 amide bonds. The molecular formula is C15H19N3O2. The minimum absolute atomic E-state index is 0.164. The summed E-state index contributed by atoms with van der Waals surface area (Å²) in [5.74, 6) is 1.88. The molecule has 0 fully saturated rings. The van der Waals surface area contributed by atoms with Gasteiger partial charge in [-0.2, -0.15) is 5.10 Å². The number of aromatic nitrogens is 2. The van der Waals surface area contributed by atoms with E-state index in [-0.39, 0.29) is 12.0 Å². The summed E-state index contributed by atoms with van der Waals surface area (Å²) in [6.45, 7) is 0.690. The zero-order valence-electron chi connectivity index (χ0n) is 11.7. The van der Waals surface area contributed by atoms with Crippen molar-refractivity contribution in [1.82, 2.24) is 9.78 Å². The van der Waals surface area contributed by atoms with Gasteiger partial charge in [0.1, 0.15) is 5.75 Å². The van der Waals surface area contributed by atoms with Crippen LogP contribution in [0.1, 0.15) is 29.6 Å². The van der Waals surface area contributed by atoms with Gasteiger partial charge >= 0.3 is 0 Å². The average molecular weight is 273 g/mol. The van der Waals surface area contributed by atoms with Gasteiger partial charge in [0.25, 0.3) is 0 Å². The largest absolute Gasteiger partial charge is 0.493 e. The molecule has 20 heavy (non-hydrogen) atoms. The fraction of sp³-hybridized carbons (Fsp3) is 0.400. The third-order valence-corrected chi connectivity index (χ3v) is 3.92. The molecule has 0 saturated carbocycles. The van der Waals surface area contributed by atoms with Gasteiger partial charge in [0, 0.05) is 13.0 Å². The molecule has 5 heteroatoms. The van der Waals surface area contributed by atoms with Crippen LogP contribution in [0.25, 0.3) is 0 Å². The molecule has 106 valence electrons. The minimum Gasteiger partial charge on any atom is -0.493 e. The van der Waals surface area contributed by atoms with Crippen LogP contribution in [0.15, 0.2) is 30.5 Å². The first-order chi connectivity index (χ1) is 9.72. The molecule has 0 bridgehead atoms. The van der Waals surface area contributed by atoms with Crippen molar-refractivity contribution in [2.45, 2.75) is 18.4 Å². The van der Waals surface area contributed by atoms with Gasteiger partial charge in [0.05, 0.1) is 31.6 Å². The topological polar surface area (TPSA) is 62.3 Å². The molecule has 3 rings (SSSR count). The molecule has 2 unspecified atom stereocenters. The van der Waals surface area contributed by atoms with Gasteiger partial charge in [0.2, 0.25) is 0 Å². The van der Waals surface area contributed by atoms with E-state index >= 15 is 0 Å². The Balaban J connectivity index is 1.99. The number of para-hydroxylation sites is 1. The van der Waals surface area contributed by atoms with Gasteiger partial charge in [-0.1, -0.05) is 18.2 Å². The minimum atomic E-state index is -0.164. The highest BCUT2D eigenvalue weighted by Gasteiger charge is 2.31. The Morgan fingerprint density at radius 1 is 1.45 bits per heavy atom. The maximum Gasteiger partial charge on any atom is 0.161 e. The third-order valence-electron chi connectivity index (χ3n) is 3.92. The van der Waals surface area contributed by atoms with E-state index in [4.69, 9.17) is 15.2 Å². The molecule has 1 aliphatic rings. The van der Waals surface area contributed by atoms with Crippen LogP contribution in [0.3, 0.4) is 0 Å². The van der Waals surface area contributed by atoms with Crippen molar-refractivity contribution in [3.8, 4) is 11.5 Å². The summed E-state index contributed by atoms with van der Waals surface area (Å²) in [6.07, 6.45) is 2.60. The van der Waals surface area contributed by atoms with Crippen molar-refractivity contribution in [3.05, 3.63) is 41.7 Å². The molecule has 1 aliphatic heterocycles. The van der Waals surface area contributed by atoms with Crippen LogP contribution in [-0.2, 0) is 7.05 Å². The molecule has 0 saturated heterocycles. The Morgan fingerprint density at radius 3 is 3.05 bits per heavy atom. The summed E-state index contributed by atoms with van der Waals surface area (Å²) in [5, 5.41) is 4.24. The lowest BCUT2D eigenvalue weighted by molar-refractivity contribution is 0.252. The Morgan fingerprint density at radius 2 is 2.25 bits per heavy atom. The second-order valence-electron chi connectivity index (χ2n) is 5.03. The highest BCUT2D eigenvalue weighted by molar-refractivity contribution is 5.41. The van der Waals surface area contributed by atoms with Crippen LogP contribution in [0, 0.1) is 0 Å². The number of benzene rings is 1. The summed E-state index contributed by atoms with van der Waals surface area (Å²) in [4.78, 5) is 0. The smallest absolute Gasteiger partial charge is 0.161 e. The maximum atomic E-state index is 6.51. The van der Waals surface area contributed by atoms with Crippen LogP contribution in [0.5, 0.6) is 11.5 Å². The molecule has 1 aromatic heterocycles. The molecule has 2 aromatic rings. The van der Waals surface area contributed by atoms with E-state index in [1.54, 1.807) is 18.0 Å². The third kappa shape index (κ3) is 2.04. The lowest BCUT2D eigenvalue weighted by Gasteiger charge is -2.30. The predicted octanol–water partition coefficient (Wildman–Crippen LogP) is 1.99. The number of hydrogen-bond acceptors (Lipinski definition) is 4. The Labute approximate surface area is 118 Å². The lowest BCUT2D eigenvalue weighted by atomic mass is 9.85. The van der Waals surface area contributed by atoms with Crippen molar-refractivity contribution >= 4 is 0 Å². The number of nitrogens with zero attached hydrogens (tertiary/aromatic N) is 2. The molecule has 0 spiro atoms. The number of aryl methyl sites for hydroxylation is 1. The number of hydrogen-bond donors (Lipinski definition) is 1. The molecule has 2 N–H and O–H groups in total. The summed E-state index contributed by atoms with van der Waals surface area (Å²) in [7, 11) is 3.54. The Bertz CT molecular complexity index is 609. The summed E-state index contributed by atoms with van der Waals surface area (Å²) < 4.78 is 12.9. The average Bonchev–Trinajstić information content (AvgIpc) is 2.87. The van der Waals surface area contributed by atoms with Crippen molar-refractivity contribution in [2.75, 3.05) is 13.7 Å². The van der Waals surface area contributed by atoms with E-state index in [1.807, 2.05) is 25.2 Å². The van der Waals surface area contributed by atoms with E-state index in [1.165, 1.54) is 0 Å². The number of ether oxygens (including phenoxy) is 2. The van der Waals surface area contributed by atoms with Gasteiger partial charge in [-0.15, -0.1) is 0 Å². The highest BCUT2D eigenvalue weighted by atomic mass is 16.5. The number of rotatable bonds is 3. The van der Waals surface area contributed by atoms with Gasteiger partial charge in [0.15, 0.2) is 5.75 Å². The zero-order valence-corrected chi connectivity index (χ0v) is 11.7. The van der Waals surface area contributed by atoms with Crippen LogP contribution >= 0.6 is 0 Å². The summed E-state index contributed by atoms with van der Waals surface area (Å²) >= 11 is 0. The normalized spacial score (nSPS) is 19.1. The standard InChI is InChI=1S/C15H19N3O2/c1-18-15(13(19-2)9-17-18)14(16)11-7-8-20-12-6-4-3-5-10(11)12/h3-6,9,11,14H,7-8,16H2,1-2H3. The van der Waals surface area contributed by atoms with E-state index < -0.39 is 0 Å². The number of nitrogens with two attached hydrogens (primary N) is 1. The summed E-state index contributed by atoms with van der Waals surface area (Å²) in [6, 6.07) is 7.92. The quantitative estimate of drug-likeness (QED) is 0.929. The SMILES string of the molecule is COc1cnn(C)c1C(N)C1CCOc2ccccc21. The fourth-order valence-corrected chi connectivity index (χ4v) is 2.90. The first kappa shape index (κ1) is 13.0. The molecule has 0 radical (unpaired) electrons. The Hall–Kier alpha value is -2.01. The zero-order chi connectivity index (χ0) is 14.1. The highest BCUT2D eigenvalue weighted by Crippen LogP contribution is 2.41. The number of methoxy groups -OCH3 is 1. The molecule has 2 atom stereocenters. The maximum absolute atomic E-state index is 6.51. The summed E-state index contributed by atoms with van der Waals surface area (Å²) in [5.41, 5.74) is 8.60. The van der Waals surface area contributed by atoms with Crippen LogP contribution in [0.2, 0.25) is 0 Å². The van der Waals surface area contributed by atoms with Crippen LogP contribution < -0.4 is 15.2 Å². The fourth-order valence-electron chi connectivity index (χ4n) is 2.90. The monoisotopic (exact) mass is 273 g/mol. The van der Waals surface area contributed by atoms with Crippen molar-refractivity contribution < 1.29 is 9.47 Å². The Kier molecular flexibility index (Phi) is 3.36. The molecule has 1 aromatic carbocycles. The number of fused-ring (bicyclic) bond motifs is 1. The first-order valence-corrected chi connectivity index (χ1v) is 6.75. The van der Waals surface area contributed by atoms with Gasteiger partial charge < -0.3 is 15.2 Å². The van der Waals surface area contributed by atoms with Crippen molar-refractivity contribution in [3.63, 3.8) is 0 Å². The predicted molar refractivity (Wildman–Crippen MR) is 76.0 cm³/mol. The second kappa shape index (κ2) is 5.17. The first-order valence-electron chi connectivity index (χ1n) is 6.75. The van der Waals surface area contributed by atoms with Gasteiger partial charge in [-0.3, -0.25) is 4.68 Å². The van der Waals surface area contributed by atoms with Crippen molar-refractivity contribution in [2.24, 2.45) is 12.8 Å². The van der Waals surface area contributed by atoms with E-state index in [0.29, 0.717) is 6.61 Å². The van der Waals surface area contributed by atoms with Crippen molar-refractivity contribution in [1.29, 1.82) is 0 Å². The molecule has 0 aliphatic carbocycles. The molecule has 5 nitrogen and oxygen atoms in total.